The first-order valence-electron chi connectivity index (χ1n) is 8.86. The van der Waals surface area contributed by atoms with Gasteiger partial charge in [-0.15, -0.1) is 0 Å². The topological polar surface area (TPSA) is 55.5 Å². The first-order chi connectivity index (χ1) is 11.1. The summed E-state index contributed by atoms with van der Waals surface area (Å²) in [6, 6.07) is 6.68. The molecule has 1 aromatic rings. The number of nitro groups is 1. The molecule has 0 N–H and O–H groups in total. The molecule has 4 aliphatic carbocycles. The van der Waals surface area contributed by atoms with Gasteiger partial charge in [0.1, 0.15) is 0 Å². The third-order valence-electron chi connectivity index (χ3n) is 6.25. The van der Waals surface area contributed by atoms with Gasteiger partial charge in [-0.05, 0) is 73.0 Å². The second-order valence-electron chi connectivity index (χ2n) is 8.08. The van der Waals surface area contributed by atoms with Crippen LogP contribution in [0.3, 0.4) is 0 Å². The van der Waals surface area contributed by atoms with Crippen LogP contribution in [0, 0.1) is 33.3 Å². The Morgan fingerprint density at radius 1 is 1.09 bits per heavy atom. The summed E-state index contributed by atoms with van der Waals surface area (Å²) in [6.07, 6.45) is 11.8. The lowest BCUT2D eigenvalue weighted by Crippen LogP contribution is -2.39. The summed E-state index contributed by atoms with van der Waals surface area (Å²) < 4.78 is 0. The van der Waals surface area contributed by atoms with Crippen molar-refractivity contribution in [1.82, 2.24) is 0 Å². The fraction of sp³-hybridized carbons (Fsp3) is 0.632. The zero-order valence-electron chi connectivity index (χ0n) is 13.5. The van der Waals surface area contributed by atoms with E-state index in [-0.39, 0.29) is 10.6 Å². The zero-order chi connectivity index (χ0) is 15.9. The normalized spacial score (nSPS) is 35.6. The molecule has 1 aromatic carbocycles. The number of hydrogen-bond acceptors (Lipinski definition) is 3. The van der Waals surface area contributed by atoms with E-state index in [4.69, 9.17) is 4.99 Å². The van der Waals surface area contributed by atoms with Crippen LogP contribution in [-0.4, -0.2) is 17.7 Å². The Balaban J connectivity index is 1.45. The molecule has 4 bridgehead atoms. The first kappa shape index (κ1) is 14.9. The summed E-state index contributed by atoms with van der Waals surface area (Å²) >= 11 is 0. The molecule has 0 heterocycles. The summed E-state index contributed by atoms with van der Waals surface area (Å²) in [5.41, 5.74) is 1.54. The molecule has 0 aromatic heterocycles. The predicted molar refractivity (Wildman–Crippen MR) is 90.8 cm³/mol. The Kier molecular flexibility index (Phi) is 3.70. The molecule has 122 valence electrons. The van der Waals surface area contributed by atoms with Crippen molar-refractivity contribution in [2.45, 2.75) is 44.9 Å². The Bertz CT molecular complexity index is 607. The standard InChI is InChI=1S/C19H24N2O2/c22-21(23)18-5-3-14(4-6-18)12-20-13-19-9-15-1-2-16(10-19)8-17(7-15)11-19/h3-6,12,15-17H,1-2,7-11,13H2/t15-,16+,17?,19?. The van der Waals surface area contributed by atoms with Crippen LogP contribution in [0.1, 0.15) is 50.5 Å². The van der Waals surface area contributed by atoms with Crippen molar-refractivity contribution < 1.29 is 4.92 Å². The Morgan fingerprint density at radius 2 is 1.70 bits per heavy atom. The number of nitrogens with zero attached hydrogens (tertiary/aromatic N) is 2. The van der Waals surface area contributed by atoms with E-state index in [2.05, 4.69) is 0 Å². The molecule has 4 heteroatoms. The quantitative estimate of drug-likeness (QED) is 0.463. The predicted octanol–water partition coefficient (Wildman–Crippen LogP) is 4.62. The van der Waals surface area contributed by atoms with Crippen LogP contribution in [0.2, 0.25) is 0 Å². The second-order valence-corrected chi connectivity index (χ2v) is 8.08. The molecule has 0 aliphatic heterocycles. The summed E-state index contributed by atoms with van der Waals surface area (Å²) in [5, 5.41) is 10.7. The van der Waals surface area contributed by atoms with E-state index in [1.165, 1.54) is 44.9 Å². The fourth-order valence-corrected chi connectivity index (χ4v) is 5.59. The van der Waals surface area contributed by atoms with Crippen molar-refractivity contribution in [3.8, 4) is 0 Å². The average molecular weight is 312 g/mol. The molecular weight excluding hydrogens is 288 g/mol. The maximum absolute atomic E-state index is 10.7. The average Bonchev–Trinajstić information content (AvgIpc) is 2.73. The van der Waals surface area contributed by atoms with Crippen molar-refractivity contribution in [1.29, 1.82) is 0 Å². The summed E-state index contributed by atoms with van der Waals surface area (Å²) in [6.45, 7) is 0.938. The van der Waals surface area contributed by atoms with Crippen LogP contribution >= 0.6 is 0 Å². The molecule has 2 unspecified atom stereocenters. The summed E-state index contributed by atoms with van der Waals surface area (Å²) in [4.78, 5) is 15.1. The lowest BCUT2D eigenvalue weighted by Gasteiger charge is -2.47. The van der Waals surface area contributed by atoms with Crippen LogP contribution < -0.4 is 0 Å². The van der Waals surface area contributed by atoms with Gasteiger partial charge < -0.3 is 0 Å². The molecule has 4 nitrogen and oxygen atoms in total. The van der Waals surface area contributed by atoms with Crippen LogP contribution in [-0.2, 0) is 0 Å². The maximum atomic E-state index is 10.7. The number of hydrogen-bond donors (Lipinski definition) is 0. The SMILES string of the molecule is O=[N+]([O-])c1ccc(C=NCC23CC4C[C@@H](CC[C@@H](C4)C2)C3)cc1. The monoisotopic (exact) mass is 312 g/mol. The van der Waals surface area contributed by atoms with E-state index in [1.54, 1.807) is 24.3 Å². The molecule has 5 rings (SSSR count). The van der Waals surface area contributed by atoms with Gasteiger partial charge in [0.05, 0.1) is 4.92 Å². The van der Waals surface area contributed by atoms with Gasteiger partial charge in [-0.1, -0.05) is 12.8 Å². The van der Waals surface area contributed by atoms with E-state index in [1.807, 2.05) is 6.21 Å². The van der Waals surface area contributed by atoms with Gasteiger partial charge in [0, 0.05) is 24.9 Å². The van der Waals surface area contributed by atoms with Gasteiger partial charge in [0.15, 0.2) is 0 Å². The molecule has 4 aliphatic rings. The highest BCUT2D eigenvalue weighted by molar-refractivity contribution is 5.79. The van der Waals surface area contributed by atoms with Crippen molar-refractivity contribution in [3.63, 3.8) is 0 Å². The number of nitro benzene ring substituents is 1. The molecule has 4 saturated carbocycles. The van der Waals surface area contributed by atoms with Crippen molar-refractivity contribution in [2.75, 3.05) is 6.54 Å². The minimum absolute atomic E-state index is 0.139. The highest BCUT2D eigenvalue weighted by atomic mass is 16.6. The Morgan fingerprint density at radius 3 is 2.30 bits per heavy atom. The van der Waals surface area contributed by atoms with Gasteiger partial charge in [-0.2, -0.15) is 0 Å². The van der Waals surface area contributed by atoms with Gasteiger partial charge in [-0.3, -0.25) is 15.1 Å². The van der Waals surface area contributed by atoms with E-state index in [0.717, 1.165) is 29.9 Å². The largest absolute Gasteiger partial charge is 0.292 e. The van der Waals surface area contributed by atoms with Gasteiger partial charge in [-0.25, -0.2) is 0 Å². The molecule has 23 heavy (non-hydrogen) atoms. The van der Waals surface area contributed by atoms with Crippen molar-refractivity contribution in [2.24, 2.45) is 28.2 Å². The van der Waals surface area contributed by atoms with Crippen molar-refractivity contribution in [3.05, 3.63) is 39.9 Å². The Labute approximate surface area is 137 Å². The lowest BCUT2D eigenvalue weighted by atomic mass is 9.58. The van der Waals surface area contributed by atoms with Gasteiger partial charge in [0.25, 0.3) is 5.69 Å². The Hall–Kier alpha value is -1.71. The molecule has 4 atom stereocenters. The third-order valence-corrected chi connectivity index (χ3v) is 6.25. The second kappa shape index (κ2) is 5.73. The molecule has 0 amide bonds. The number of rotatable bonds is 4. The molecule has 0 spiro atoms. The van der Waals surface area contributed by atoms with Gasteiger partial charge >= 0.3 is 0 Å². The van der Waals surface area contributed by atoms with Crippen molar-refractivity contribution >= 4 is 11.9 Å². The molecule has 4 fully saturated rings. The third kappa shape index (κ3) is 3.04. The highest BCUT2D eigenvalue weighted by Gasteiger charge is 2.48. The molecule has 0 radical (unpaired) electrons. The van der Waals surface area contributed by atoms with E-state index < -0.39 is 0 Å². The summed E-state index contributed by atoms with van der Waals surface area (Å²) in [7, 11) is 0. The fourth-order valence-electron chi connectivity index (χ4n) is 5.59. The van der Waals surface area contributed by atoms with Gasteiger partial charge in [0.2, 0.25) is 0 Å². The molecular formula is C19H24N2O2. The smallest absolute Gasteiger partial charge is 0.269 e. The zero-order valence-corrected chi connectivity index (χ0v) is 13.5. The van der Waals surface area contributed by atoms with Crippen LogP contribution in [0.25, 0.3) is 0 Å². The maximum Gasteiger partial charge on any atom is 0.269 e. The summed E-state index contributed by atoms with van der Waals surface area (Å²) in [5.74, 6) is 2.83. The van der Waals surface area contributed by atoms with Crippen LogP contribution in [0.4, 0.5) is 5.69 Å². The number of fused-ring (bicyclic) bond motifs is 1. The van der Waals surface area contributed by atoms with E-state index in [9.17, 15) is 10.1 Å². The van der Waals surface area contributed by atoms with E-state index in [0.29, 0.717) is 5.41 Å². The lowest BCUT2D eigenvalue weighted by molar-refractivity contribution is -0.384. The van der Waals surface area contributed by atoms with Crippen LogP contribution in [0.15, 0.2) is 29.3 Å². The number of non-ortho nitro benzene ring substituents is 1. The van der Waals surface area contributed by atoms with Crippen LogP contribution in [0.5, 0.6) is 0 Å². The number of benzene rings is 1. The first-order valence-corrected chi connectivity index (χ1v) is 8.86. The molecule has 0 saturated heterocycles. The van der Waals surface area contributed by atoms with E-state index >= 15 is 0 Å². The number of aliphatic imine (C=N–C) groups is 1. The highest BCUT2D eigenvalue weighted by Crippen LogP contribution is 2.57. The minimum Gasteiger partial charge on any atom is -0.292 e. The minimum atomic E-state index is -0.361.